The zero-order valence-electron chi connectivity index (χ0n) is 17.6. The summed E-state index contributed by atoms with van der Waals surface area (Å²) in [6.07, 6.45) is 1.96. The van der Waals surface area contributed by atoms with Crippen molar-refractivity contribution in [1.29, 1.82) is 0 Å². The maximum absolute atomic E-state index is 13.5. The molecule has 0 spiro atoms. The minimum atomic E-state index is -0.0704. The van der Waals surface area contributed by atoms with Gasteiger partial charge in [-0.2, -0.15) is 0 Å². The van der Waals surface area contributed by atoms with Crippen molar-refractivity contribution in [3.63, 3.8) is 0 Å². The smallest absolute Gasteiger partial charge is 0.254 e. The molecule has 5 nitrogen and oxygen atoms in total. The molecule has 2 aliphatic rings. The van der Waals surface area contributed by atoms with Crippen LogP contribution in [-0.4, -0.2) is 36.9 Å². The lowest BCUT2D eigenvalue weighted by Crippen LogP contribution is -2.32. The van der Waals surface area contributed by atoms with Gasteiger partial charge in [-0.15, -0.1) is 0 Å². The lowest BCUT2D eigenvalue weighted by Gasteiger charge is -2.24. The van der Waals surface area contributed by atoms with Crippen molar-refractivity contribution >= 4 is 11.7 Å². The van der Waals surface area contributed by atoms with Crippen LogP contribution < -0.4 is 9.47 Å². The van der Waals surface area contributed by atoms with Crippen molar-refractivity contribution in [2.24, 2.45) is 0 Å². The van der Waals surface area contributed by atoms with E-state index in [2.05, 4.69) is 0 Å². The Kier molecular flexibility index (Phi) is 4.74. The molecule has 3 aromatic rings. The molecule has 0 radical (unpaired) electrons. The fraction of sp³-hybridized carbons (Fsp3) is 0.231. The second kappa shape index (κ2) is 7.58. The maximum atomic E-state index is 13.5. The van der Waals surface area contributed by atoms with Crippen LogP contribution in [0.5, 0.6) is 11.5 Å². The highest BCUT2D eigenvalue weighted by molar-refractivity contribution is 6.22. The number of benzene rings is 3. The first-order chi connectivity index (χ1) is 15.1. The third-order valence-corrected chi connectivity index (χ3v) is 6.05. The van der Waals surface area contributed by atoms with Crippen LogP contribution in [0, 0.1) is 0 Å². The fourth-order valence-electron chi connectivity index (χ4n) is 4.27. The van der Waals surface area contributed by atoms with E-state index in [-0.39, 0.29) is 17.7 Å². The summed E-state index contributed by atoms with van der Waals surface area (Å²) >= 11 is 0. The number of carbonyl (C=O) groups excluding carboxylic acids is 2. The van der Waals surface area contributed by atoms with Crippen molar-refractivity contribution in [3.05, 3.63) is 82.9 Å². The van der Waals surface area contributed by atoms with Gasteiger partial charge in [0.1, 0.15) is 11.5 Å². The van der Waals surface area contributed by atoms with E-state index in [1.165, 1.54) is 0 Å². The number of ketones is 1. The molecule has 156 valence electrons. The van der Waals surface area contributed by atoms with Crippen LogP contribution in [-0.2, 0) is 6.54 Å². The number of rotatable bonds is 6. The van der Waals surface area contributed by atoms with Gasteiger partial charge in [0.25, 0.3) is 5.91 Å². The topological polar surface area (TPSA) is 55.8 Å². The minimum absolute atomic E-state index is 0.0207. The van der Waals surface area contributed by atoms with Gasteiger partial charge in [0.05, 0.1) is 20.8 Å². The minimum Gasteiger partial charge on any atom is -0.497 e. The van der Waals surface area contributed by atoms with E-state index < -0.39 is 0 Å². The first-order valence-electron chi connectivity index (χ1n) is 10.4. The third kappa shape index (κ3) is 3.36. The summed E-state index contributed by atoms with van der Waals surface area (Å²) in [5.41, 5.74) is 4.55. The maximum Gasteiger partial charge on any atom is 0.254 e. The van der Waals surface area contributed by atoms with Gasteiger partial charge < -0.3 is 14.4 Å². The predicted octanol–water partition coefficient (Wildman–Crippen LogP) is 4.72. The van der Waals surface area contributed by atoms with Crippen LogP contribution in [0.1, 0.15) is 44.7 Å². The van der Waals surface area contributed by atoms with Crippen LogP contribution in [0.25, 0.3) is 11.1 Å². The lowest BCUT2D eigenvalue weighted by molar-refractivity contribution is 0.0728. The molecule has 0 atom stereocenters. The molecule has 1 saturated carbocycles. The molecule has 0 unspecified atom stereocenters. The molecule has 5 heteroatoms. The largest absolute Gasteiger partial charge is 0.497 e. The summed E-state index contributed by atoms with van der Waals surface area (Å²) in [7, 11) is 3.24. The number of ether oxygens (including phenoxy) is 2. The summed E-state index contributed by atoms with van der Waals surface area (Å²) < 4.78 is 10.9. The average Bonchev–Trinajstić information content (AvgIpc) is 3.62. The number of carbonyl (C=O) groups is 2. The van der Waals surface area contributed by atoms with Crippen LogP contribution in [0.2, 0.25) is 0 Å². The van der Waals surface area contributed by atoms with E-state index in [1.807, 2.05) is 59.5 Å². The Balaban J connectivity index is 1.47. The van der Waals surface area contributed by atoms with Crippen molar-refractivity contribution in [2.75, 3.05) is 14.2 Å². The van der Waals surface area contributed by atoms with Gasteiger partial charge in [-0.1, -0.05) is 30.3 Å². The van der Waals surface area contributed by atoms with Gasteiger partial charge in [-0.3, -0.25) is 9.59 Å². The zero-order chi connectivity index (χ0) is 21.5. The quantitative estimate of drug-likeness (QED) is 0.459. The lowest BCUT2D eigenvalue weighted by atomic mass is 10.0. The molecule has 31 heavy (non-hydrogen) atoms. The summed E-state index contributed by atoms with van der Waals surface area (Å²) in [5, 5.41) is 0. The highest BCUT2D eigenvalue weighted by Gasteiger charge is 2.35. The summed E-state index contributed by atoms with van der Waals surface area (Å²) in [6.45, 7) is 0.426. The number of methoxy groups -OCH3 is 2. The predicted molar refractivity (Wildman–Crippen MR) is 118 cm³/mol. The van der Waals surface area contributed by atoms with Crippen molar-refractivity contribution in [3.8, 4) is 22.6 Å². The Labute approximate surface area is 181 Å². The standard InChI is InChI=1S/C26H23NO4/c1-30-19-10-12-24(31-2)17(13-19)15-27(18-8-9-18)26(29)16-7-11-21-20-5-3-4-6-22(20)25(28)23(21)14-16/h3-7,10-14,18H,8-9,15H2,1-2H3. The molecule has 0 saturated heterocycles. The first-order valence-corrected chi connectivity index (χ1v) is 10.4. The molecule has 0 N–H and O–H groups in total. The van der Waals surface area contributed by atoms with Crippen LogP contribution >= 0.6 is 0 Å². The third-order valence-electron chi connectivity index (χ3n) is 6.05. The highest BCUT2D eigenvalue weighted by atomic mass is 16.5. The fourth-order valence-corrected chi connectivity index (χ4v) is 4.27. The number of hydrogen-bond donors (Lipinski definition) is 0. The summed E-state index contributed by atoms with van der Waals surface area (Å²) in [4.78, 5) is 28.3. The Morgan fingerprint density at radius 3 is 2.35 bits per heavy atom. The number of hydrogen-bond acceptors (Lipinski definition) is 4. The average molecular weight is 413 g/mol. The Hall–Kier alpha value is -3.60. The van der Waals surface area contributed by atoms with E-state index >= 15 is 0 Å². The summed E-state index contributed by atoms with van der Waals surface area (Å²) in [5.74, 6) is 1.35. The molecule has 0 aliphatic heterocycles. The van der Waals surface area contributed by atoms with E-state index in [1.54, 1.807) is 20.3 Å². The van der Waals surface area contributed by atoms with E-state index in [0.29, 0.717) is 23.2 Å². The molecular formula is C26H23NO4. The van der Waals surface area contributed by atoms with Crippen molar-refractivity contribution in [1.82, 2.24) is 4.90 Å². The molecule has 1 fully saturated rings. The second-order valence-electron chi connectivity index (χ2n) is 7.98. The number of amides is 1. The second-order valence-corrected chi connectivity index (χ2v) is 7.98. The van der Waals surface area contributed by atoms with Gasteiger partial charge in [0.15, 0.2) is 5.78 Å². The van der Waals surface area contributed by atoms with Crippen LogP contribution in [0.15, 0.2) is 60.7 Å². The Morgan fingerprint density at radius 2 is 1.65 bits per heavy atom. The van der Waals surface area contributed by atoms with Crippen molar-refractivity contribution < 1.29 is 19.1 Å². The number of fused-ring (bicyclic) bond motifs is 3. The van der Waals surface area contributed by atoms with Gasteiger partial charge >= 0.3 is 0 Å². The highest BCUT2D eigenvalue weighted by Crippen LogP contribution is 2.38. The molecule has 3 aromatic carbocycles. The molecule has 5 rings (SSSR count). The van der Waals surface area contributed by atoms with Gasteiger partial charge in [0.2, 0.25) is 0 Å². The monoisotopic (exact) mass is 413 g/mol. The molecular weight excluding hydrogens is 390 g/mol. The van der Waals surface area contributed by atoms with Gasteiger partial charge in [-0.05, 0) is 54.3 Å². The van der Waals surface area contributed by atoms with Crippen LogP contribution in [0.4, 0.5) is 0 Å². The summed E-state index contributed by atoms with van der Waals surface area (Å²) in [6, 6.07) is 18.9. The van der Waals surface area contributed by atoms with Gasteiger partial charge in [-0.25, -0.2) is 0 Å². The van der Waals surface area contributed by atoms with E-state index in [4.69, 9.17) is 9.47 Å². The first kappa shape index (κ1) is 19.4. The van der Waals surface area contributed by atoms with Crippen LogP contribution in [0.3, 0.4) is 0 Å². The molecule has 0 aromatic heterocycles. The van der Waals surface area contributed by atoms with E-state index in [0.717, 1.165) is 41.0 Å². The Bertz CT molecular complexity index is 1200. The molecule has 2 aliphatic carbocycles. The SMILES string of the molecule is COc1ccc(OC)c(CN(C(=O)c2ccc3c(c2)C(=O)c2ccccc2-3)C2CC2)c1. The van der Waals surface area contributed by atoms with Crippen molar-refractivity contribution in [2.45, 2.75) is 25.4 Å². The van der Waals surface area contributed by atoms with E-state index in [9.17, 15) is 9.59 Å². The normalized spacial score (nSPS) is 14.1. The molecule has 1 amide bonds. The Morgan fingerprint density at radius 1 is 0.903 bits per heavy atom. The molecule has 0 heterocycles. The zero-order valence-corrected chi connectivity index (χ0v) is 17.6. The number of nitrogens with zero attached hydrogens (tertiary/aromatic N) is 1. The van der Waals surface area contributed by atoms with Gasteiger partial charge in [0, 0.05) is 28.3 Å². The molecule has 0 bridgehead atoms.